The summed E-state index contributed by atoms with van der Waals surface area (Å²) in [5.41, 5.74) is 0. The van der Waals surface area contributed by atoms with Crippen LogP contribution in [0, 0.1) is 23.2 Å². The molecule has 3 nitrogen and oxygen atoms in total. The van der Waals surface area contributed by atoms with Crippen LogP contribution in [0.2, 0.25) is 0 Å². The van der Waals surface area contributed by atoms with Gasteiger partial charge in [0.2, 0.25) is 0 Å². The van der Waals surface area contributed by atoms with E-state index in [0.29, 0.717) is 5.92 Å². The van der Waals surface area contributed by atoms with E-state index in [1.54, 1.807) is 0 Å². The monoisotopic (exact) mass is 438 g/mol. The van der Waals surface area contributed by atoms with E-state index in [4.69, 9.17) is 4.53 Å². The Hall–Kier alpha value is -3.16. The van der Waals surface area contributed by atoms with Crippen molar-refractivity contribution in [2.75, 3.05) is 0 Å². The number of oxime groups is 1. The average Bonchev–Trinajstić information content (AvgIpc) is 2.85. The lowest BCUT2D eigenvalue weighted by Crippen LogP contribution is -2.68. The molecule has 32 heavy (non-hydrogen) atoms. The van der Waals surface area contributed by atoms with Gasteiger partial charge in [-0.2, -0.15) is 5.26 Å². The molecule has 0 N–H and O–H groups in total. The SMILES string of the molecule is N#CC1CCCCC(C=NO[Si](c2ccccc2)(c2ccccc2)c2ccccc2)CC1. The Morgan fingerprint density at radius 3 is 1.72 bits per heavy atom. The smallest absolute Gasteiger partial charge is 0.380 e. The zero-order chi connectivity index (χ0) is 22.1. The molecule has 0 amide bonds. The van der Waals surface area contributed by atoms with E-state index in [2.05, 4.69) is 84.0 Å². The van der Waals surface area contributed by atoms with E-state index < -0.39 is 8.32 Å². The summed E-state index contributed by atoms with van der Waals surface area (Å²) in [6.07, 6.45) is 8.38. The number of hydrogen-bond acceptors (Lipinski definition) is 3. The first-order chi connectivity index (χ1) is 15.8. The van der Waals surface area contributed by atoms with Gasteiger partial charge in [0.05, 0.1) is 6.07 Å². The first-order valence-corrected chi connectivity index (χ1v) is 13.5. The molecule has 0 aliphatic heterocycles. The van der Waals surface area contributed by atoms with Crippen LogP contribution in [0.15, 0.2) is 96.2 Å². The van der Waals surface area contributed by atoms with Gasteiger partial charge < -0.3 is 4.53 Å². The Balaban J connectivity index is 1.70. The fourth-order valence-electron chi connectivity index (χ4n) is 4.65. The fourth-order valence-corrected chi connectivity index (χ4v) is 8.17. The van der Waals surface area contributed by atoms with Crippen LogP contribution < -0.4 is 15.6 Å². The molecule has 1 saturated carbocycles. The summed E-state index contributed by atoms with van der Waals surface area (Å²) >= 11 is 0. The van der Waals surface area contributed by atoms with Crippen molar-refractivity contribution in [3.63, 3.8) is 0 Å². The molecule has 0 heterocycles. The van der Waals surface area contributed by atoms with E-state index in [-0.39, 0.29) is 5.92 Å². The van der Waals surface area contributed by atoms with Gasteiger partial charge in [-0.3, -0.25) is 0 Å². The Morgan fingerprint density at radius 1 is 0.719 bits per heavy atom. The highest BCUT2D eigenvalue weighted by atomic mass is 28.4. The summed E-state index contributed by atoms with van der Waals surface area (Å²) in [6, 6.07) is 34.0. The van der Waals surface area contributed by atoms with Crippen LogP contribution in [0.4, 0.5) is 0 Å². The van der Waals surface area contributed by atoms with Gasteiger partial charge in [0, 0.05) is 12.1 Å². The number of rotatable bonds is 6. The average molecular weight is 439 g/mol. The largest absolute Gasteiger partial charge is 0.438 e. The van der Waals surface area contributed by atoms with Crippen molar-refractivity contribution in [3.8, 4) is 6.07 Å². The number of nitrogens with zero attached hydrogens (tertiary/aromatic N) is 2. The molecule has 4 heteroatoms. The van der Waals surface area contributed by atoms with E-state index in [9.17, 15) is 5.26 Å². The molecule has 4 rings (SSSR count). The standard InChI is InChI=1S/C28H30N2OSi/c29-22-24-12-10-11-13-25(21-20-24)23-30-31-32(26-14-4-1-5-15-26,27-16-6-2-7-17-27)28-18-8-3-9-19-28/h1-9,14-19,23-25H,10-13,20-21H2. The third-order valence-electron chi connectivity index (χ3n) is 6.45. The van der Waals surface area contributed by atoms with E-state index in [0.717, 1.165) is 38.5 Å². The summed E-state index contributed by atoms with van der Waals surface area (Å²) in [5, 5.41) is 17.6. The maximum absolute atomic E-state index is 9.35. The lowest BCUT2D eigenvalue weighted by atomic mass is 9.87. The Labute approximate surface area is 192 Å². The van der Waals surface area contributed by atoms with E-state index in [1.807, 2.05) is 24.4 Å². The highest BCUT2D eigenvalue weighted by Gasteiger charge is 2.44. The maximum atomic E-state index is 9.35. The quantitative estimate of drug-likeness (QED) is 0.241. The normalized spacial score (nSPS) is 19.6. The third-order valence-corrected chi connectivity index (χ3v) is 10.3. The van der Waals surface area contributed by atoms with Gasteiger partial charge >= 0.3 is 8.32 Å². The van der Waals surface area contributed by atoms with Crippen molar-refractivity contribution < 1.29 is 4.53 Å². The van der Waals surface area contributed by atoms with Gasteiger partial charge in [-0.25, -0.2) is 0 Å². The molecule has 1 aliphatic carbocycles. The van der Waals surface area contributed by atoms with Crippen LogP contribution >= 0.6 is 0 Å². The van der Waals surface area contributed by atoms with Crippen LogP contribution in [0.5, 0.6) is 0 Å². The van der Waals surface area contributed by atoms with Gasteiger partial charge in [0.25, 0.3) is 0 Å². The van der Waals surface area contributed by atoms with Crippen LogP contribution in [0.1, 0.15) is 38.5 Å². The topological polar surface area (TPSA) is 45.4 Å². The second-order valence-electron chi connectivity index (χ2n) is 8.57. The molecule has 3 aromatic rings. The molecule has 162 valence electrons. The van der Waals surface area contributed by atoms with Crippen molar-refractivity contribution >= 4 is 30.1 Å². The summed E-state index contributed by atoms with van der Waals surface area (Å²) < 4.78 is 6.66. The minimum absolute atomic E-state index is 0.179. The van der Waals surface area contributed by atoms with Crippen molar-refractivity contribution in [1.82, 2.24) is 0 Å². The fraction of sp³-hybridized carbons (Fsp3) is 0.286. The van der Waals surface area contributed by atoms with E-state index >= 15 is 0 Å². The number of hydrogen-bond donors (Lipinski definition) is 0. The summed E-state index contributed by atoms with van der Waals surface area (Å²) in [4.78, 5) is 0. The summed E-state index contributed by atoms with van der Waals surface area (Å²) in [5.74, 6) is 0.540. The maximum Gasteiger partial charge on any atom is 0.380 e. The highest BCUT2D eigenvalue weighted by Crippen LogP contribution is 2.25. The molecule has 1 fully saturated rings. The molecule has 0 bridgehead atoms. The van der Waals surface area contributed by atoms with Gasteiger partial charge in [0.15, 0.2) is 0 Å². The predicted molar refractivity (Wildman–Crippen MR) is 134 cm³/mol. The van der Waals surface area contributed by atoms with Gasteiger partial charge in [0.1, 0.15) is 0 Å². The minimum atomic E-state index is -2.80. The first-order valence-electron chi connectivity index (χ1n) is 11.6. The van der Waals surface area contributed by atoms with Gasteiger partial charge in [-0.15, -0.1) is 5.16 Å². The molecular formula is C28H30N2OSi. The Morgan fingerprint density at radius 2 is 1.22 bits per heavy atom. The number of benzene rings is 3. The minimum Gasteiger partial charge on any atom is -0.438 e. The van der Waals surface area contributed by atoms with Crippen molar-refractivity contribution in [3.05, 3.63) is 91.0 Å². The van der Waals surface area contributed by atoms with E-state index in [1.165, 1.54) is 15.6 Å². The van der Waals surface area contributed by atoms with Crippen LogP contribution in [0.25, 0.3) is 0 Å². The molecule has 0 aromatic heterocycles. The lowest BCUT2D eigenvalue weighted by molar-refractivity contribution is 0.341. The van der Waals surface area contributed by atoms with Gasteiger partial charge in [-0.1, -0.05) is 104 Å². The predicted octanol–water partition coefficient (Wildman–Crippen LogP) is 4.77. The van der Waals surface area contributed by atoms with Crippen LogP contribution in [0.3, 0.4) is 0 Å². The second kappa shape index (κ2) is 10.9. The Kier molecular flexibility index (Phi) is 7.53. The lowest BCUT2D eigenvalue weighted by Gasteiger charge is -2.30. The first kappa shape index (κ1) is 22.0. The van der Waals surface area contributed by atoms with Crippen molar-refractivity contribution in [2.24, 2.45) is 17.0 Å². The summed E-state index contributed by atoms with van der Waals surface area (Å²) in [7, 11) is -2.80. The number of nitriles is 1. The van der Waals surface area contributed by atoms with Crippen molar-refractivity contribution in [2.45, 2.75) is 38.5 Å². The van der Waals surface area contributed by atoms with Crippen LogP contribution in [-0.4, -0.2) is 14.5 Å². The zero-order valence-electron chi connectivity index (χ0n) is 18.4. The molecule has 3 aromatic carbocycles. The zero-order valence-corrected chi connectivity index (χ0v) is 19.4. The molecule has 2 unspecified atom stereocenters. The second-order valence-corrected chi connectivity index (χ2v) is 11.8. The summed E-state index contributed by atoms with van der Waals surface area (Å²) in [6.45, 7) is 0. The third kappa shape index (κ3) is 5.00. The molecule has 1 aliphatic rings. The molecular weight excluding hydrogens is 408 g/mol. The Bertz CT molecular complexity index is 935. The molecule has 0 spiro atoms. The van der Waals surface area contributed by atoms with Crippen molar-refractivity contribution in [1.29, 1.82) is 5.26 Å². The van der Waals surface area contributed by atoms with Gasteiger partial charge in [-0.05, 0) is 47.2 Å². The molecule has 0 radical (unpaired) electrons. The highest BCUT2D eigenvalue weighted by molar-refractivity contribution is 7.07. The molecule has 2 atom stereocenters. The molecule has 0 saturated heterocycles. The van der Waals surface area contributed by atoms with Crippen LogP contribution in [-0.2, 0) is 4.53 Å².